The van der Waals surface area contributed by atoms with Crippen LogP contribution in [0.15, 0.2) is 24.3 Å². The van der Waals surface area contributed by atoms with E-state index in [1.54, 1.807) is 24.3 Å². The zero-order valence-corrected chi connectivity index (χ0v) is 9.57. The molecule has 84 valence electrons. The molecule has 0 saturated carbocycles. The first kappa shape index (κ1) is 14.0. The van der Waals surface area contributed by atoms with Crippen molar-refractivity contribution in [3.05, 3.63) is 29.3 Å². The number of carbonyl (C=O) groups excluding carboxylic acids is 1. The summed E-state index contributed by atoms with van der Waals surface area (Å²) in [4.78, 5) is 11.2. The third-order valence-electron chi connectivity index (χ3n) is 1.51. The summed E-state index contributed by atoms with van der Waals surface area (Å²) in [7, 11) is 0. The van der Waals surface area contributed by atoms with Crippen molar-refractivity contribution in [2.45, 2.75) is 0 Å². The van der Waals surface area contributed by atoms with E-state index in [9.17, 15) is 4.79 Å². The highest BCUT2D eigenvalue weighted by atomic mass is 35.5. The highest BCUT2D eigenvalue weighted by Crippen LogP contribution is 2.14. The van der Waals surface area contributed by atoms with Gasteiger partial charge in [-0.25, -0.2) is 4.79 Å². The number of urea groups is 1. The number of nitrogens with two attached hydrogens (primary N) is 1. The molecule has 0 bridgehead atoms. The number of carbonyl (C=O) groups is 1. The maximum Gasteiger partial charge on any atom is 0.319 e. The van der Waals surface area contributed by atoms with Crippen LogP contribution in [0, 0.1) is 0 Å². The molecule has 0 unspecified atom stereocenters. The Bertz CT molecular complexity index is 320. The van der Waals surface area contributed by atoms with Crippen LogP contribution in [0.4, 0.5) is 10.5 Å². The molecule has 0 saturated heterocycles. The van der Waals surface area contributed by atoms with Crippen LogP contribution in [0.1, 0.15) is 0 Å². The number of anilines is 1. The van der Waals surface area contributed by atoms with Gasteiger partial charge in [-0.05, 0) is 18.2 Å². The predicted molar refractivity (Wildman–Crippen MR) is 64.8 cm³/mol. The summed E-state index contributed by atoms with van der Waals surface area (Å²) >= 11 is 5.74. The fourth-order valence-electron chi connectivity index (χ4n) is 0.927. The van der Waals surface area contributed by atoms with Gasteiger partial charge in [-0.2, -0.15) is 0 Å². The highest BCUT2D eigenvalue weighted by molar-refractivity contribution is 6.30. The van der Waals surface area contributed by atoms with Crippen molar-refractivity contribution in [2.24, 2.45) is 5.73 Å². The molecule has 0 aromatic heterocycles. The van der Waals surface area contributed by atoms with E-state index in [2.05, 4.69) is 10.6 Å². The first-order valence-corrected chi connectivity index (χ1v) is 4.60. The van der Waals surface area contributed by atoms with E-state index in [1.807, 2.05) is 0 Å². The second-order valence-electron chi connectivity index (χ2n) is 2.68. The molecule has 1 rings (SSSR count). The Morgan fingerprint density at radius 2 is 2.20 bits per heavy atom. The van der Waals surface area contributed by atoms with Gasteiger partial charge in [0.25, 0.3) is 0 Å². The number of rotatable bonds is 3. The number of benzene rings is 1. The van der Waals surface area contributed by atoms with Gasteiger partial charge in [0.15, 0.2) is 0 Å². The van der Waals surface area contributed by atoms with Crippen molar-refractivity contribution in [3.63, 3.8) is 0 Å². The Labute approximate surface area is 99.6 Å². The van der Waals surface area contributed by atoms with Gasteiger partial charge in [0.2, 0.25) is 0 Å². The number of halogens is 2. The molecule has 6 heteroatoms. The van der Waals surface area contributed by atoms with Crippen LogP contribution in [-0.2, 0) is 0 Å². The van der Waals surface area contributed by atoms with Crippen LogP contribution < -0.4 is 16.4 Å². The van der Waals surface area contributed by atoms with Crippen molar-refractivity contribution < 1.29 is 4.79 Å². The molecule has 1 aromatic carbocycles. The van der Waals surface area contributed by atoms with Crippen molar-refractivity contribution in [2.75, 3.05) is 18.4 Å². The van der Waals surface area contributed by atoms with Crippen LogP contribution in [0.2, 0.25) is 5.02 Å². The van der Waals surface area contributed by atoms with Gasteiger partial charge in [0.05, 0.1) is 0 Å². The van der Waals surface area contributed by atoms with Gasteiger partial charge < -0.3 is 16.4 Å². The fraction of sp³-hybridized carbons (Fsp3) is 0.222. The smallest absolute Gasteiger partial charge is 0.319 e. The number of amides is 2. The average Bonchev–Trinajstić information content (AvgIpc) is 2.15. The molecule has 15 heavy (non-hydrogen) atoms. The molecule has 0 heterocycles. The molecule has 0 fully saturated rings. The Morgan fingerprint density at radius 3 is 2.80 bits per heavy atom. The standard InChI is InChI=1S/C9H12ClN3O.ClH/c10-7-2-1-3-8(6-7)13-9(14)12-5-4-11;/h1-3,6H,4-5,11H2,(H2,12,13,14);1H. The third-order valence-corrected chi connectivity index (χ3v) is 1.75. The Morgan fingerprint density at radius 1 is 1.47 bits per heavy atom. The van der Waals surface area contributed by atoms with Gasteiger partial charge in [0.1, 0.15) is 0 Å². The van der Waals surface area contributed by atoms with E-state index in [1.165, 1.54) is 0 Å². The minimum absolute atomic E-state index is 0. The number of nitrogens with one attached hydrogen (secondary N) is 2. The van der Waals surface area contributed by atoms with Crippen molar-refractivity contribution >= 4 is 35.7 Å². The lowest BCUT2D eigenvalue weighted by Crippen LogP contribution is -2.32. The van der Waals surface area contributed by atoms with Crippen molar-refractivity contribution in [3.8, 4) is 0 Å². The molecular weight excluding hydrogens is 237 g/mol. The minimum Gasteiger partial charge on any atom is -0.337 e. The lowest BCUT2D eigenvalue weighted by Gasteiger charge is -2.06. The van der Waals surface area contributed by atoms with E-state index in [-0.39, 0.29) is 18.4 Å². The topological polar surface area (TPSA) is 67.1 Å². The average molecular weight is 250 g/mol. The predicted octanol–water partition coefficient (Wildman–Crippen LogP) is 1.84. The van der Waals surface area contributed by atoms with Gasteiger partial charge >= 0.3 is 6.03 Å². The zero-order chi connectivity index (χ0) is 10.4. The van der Waals surface area contributed by atoms with E-state index < -0.39 is 0 Å². The maximum atomic E-state index is 11.2. The molecule has 4 nitrogen and oxygen atoms in total. The van der Waals surface area contributed by atoms with Crippen LogP contribution in [0.25, 0.3) is 0 Å². The second kappa shape index (κ2) is 7.34. The first-order valence-electron chi connectivity index (χ1n) is 4.23. The molecule has 0 aliphatic heterocycles. The summed E-state index contributed by atoms with van der Waals surface area (Å²) in [6.07, 6.45) is 0. The first-order chi connectivity index (χ1) is 6.72. The normalized spacial score (nSPS) is 8.93. The summed E-state index contributed by atoms with van der Waals surface area (Å²) < 4.78 is 0. The van der Waals surface area contributed by atoms with Gasteiger partial charge in [-0.1, -0.05) is 17.7 Å². The molecule has 0 spiro atoms. The van der Waals surface area contributed by atoms with E-state index in [4.69, 9.17) is 17.3 Å². The van der Waals surface area contributed by atoms with Crippen molar-refractivity contribution in [1.29, 1.82) is 0 Å². The summed E-state index contributed by atoms with van der Waals surface area (Å²) in [5, 5.41) is 5.79. The van der Waals surface area contributed by atoms with E-state index in [0.717, 1.165) is 0 Å². The SMILES string of the molecule is Cl.NCCNC(=O)Nc1cccc(Cl)c1. The Hall–Kier alpha value is -0.970. The molecule has 0 radical (unpaired) electrons. The van der Waals surface area contributed by atoms with Gasteiger partial charge in [-0.3, -0.25) is 0 Å². The molecule has 0 aliphatic rings. The summed E-state index contributed by atoms with van der Waals surface area (Å²) in [5.41, 5.74) is 5.89. The van der Waals surface area contributed by atoms with E-state index >= 15 is 0 Å². The van der Waals surface area contributed by atoms with Gasteiger partial charge in [0, 0.05) is 23.8 Å². The summed E-state index contributed by atoms with van der Waals surface area (Å²) in [5.74, 6) is 0. The monoisotopic (exact) mass is 249 g/mol. The fourth-order valence-corrected chi connectivity index (χ4v) is 1.12. The minimum atomic E-state index is -0.280. The Kier molecular flexibility index (Phi) is 6.86. The zero-order valence-electron chi connectivity index (χ0n) is 8.00. The van der Waals surface area contributed by atoms with Crippen molar-refractivity contribution in [1.82, 2.24) is 5.32 Å². The third kappa shape index (κ3) is 5.47. The van der Waals surface area contributed by atoms with E-state index in [0.29, 0.717) is 23.8 Å². The number of hydrogen-bond donors (Lipinski definition) is 3. The summed E-state index contributed by atoms with van der Waals surface area (Å²) in [6, 6.07) is 6.65. The lowest BCUT2D eigenvalue weighted by atomic mass is 10.3. The summed E-state index contributed by atoms with van der Waals surface area (Å²) in [6.45, 7) is 0.870. The second-order valence-corrected chi connectivity index (χ2v) is 3.12. The number of hydrogen-bond acceptors (Lipinski definition) is 2. The molecule has 0 atom stereocenters. The molecular formula is C9H13Cl2N3O. The van der Waals surface area contributed by atoms with Crippen LogP contribution >= 0.6 is 24.0 Å². The molecule has 0 aliphatic carbocycles. The van der Waals surface area contributed by atoms with Gasteiger partial charge in [-0.15, -0.1) is 12.4 Å². The van der Waals surface area contributed by atoms with Crippen LogP contribution in [0.5, 0.6) is 0 Å². The molecule has 4 N–H and O–H groups in total. The maximum absolute atomic E-state index is 11.2. The van der Waals surface area contributed by atoms with Crippen LogP contribution in [-0.4, -0.2) is 19.1 Å². The Balaban J connectivity index is 0.00000196. The quantitative estimate of drug-likeness (QED) is 0.766. The molecule has 2 amide bonds. The lowest BCUT2D eigenvalue weighted by molar-refractivity contribution is 0.252. The molecule has 1 aromatic rings. The largest absolute Gasteiger partial charge is 0.337 e. The highest BCUT2D eigenvalue weighted by Gasteiger charge is 1.99. The van der Waals surface area contributed by atoms with Crippen LogP contribution in [0.3, 0.4) is 0 Å².